The van der Waals surface area contributed by atoms with Crippen LogP contribution in [0.4, 0.5) is 5.69 Å². The second kappa shape index (κ2) is 7.11. The van der Waals surface area contributed by atoms with Gasteiger partial charge in [0.05, 0.1) is 23.6 Å². The first-order valence-corrected chi connectivity index (χ1v) is 7.81. The fourth-order valence-corrected chi connectivity index (χ4v) is 2.58. The monoisotopic (exact) mass is 307 g/mol. The number of aryl methyl sites for hydroxylation is 1. The first-order valence-electron chi connectivity index (χ1n) is 7.81. The standard InChI is InChI=1S/C19H21N3O/c1-15-13-19(22(21-15)18-5-3-2-4-6-18)14-20-17-9-7-16(8-10-17)11-12-23/h2-10,13,20,23H,11-12,14H2,1H3. The number of hydrogen-bond acceptors (Lipinski definition) is 3. The summed E-state index contributed by atoms with van der Waals surface area (Å²) in [5.41, 5.74) is 5.39. The van der Waals surface area contributed by atoms with Gasteiger partial charge in [-0.2, -0.15) is 5.10 Å². The highest BCUT2D eigenvalue weighted by Crippen LogP contribution is 2.15. The van der Waals surface area contributed by atoms with E-state index in [1.165, 1.54) is 0 Å². The van der Waals surface area contributed by atoms with Crippen molar-refractivity contribution in [3.8, 4) is 5.69 Å². The topological polar surface area (TPSA) is 50.1 Å². The molecule has 4 heteroatoms. The quantitative estimate of drug-likeness (QED) is 0.734. The van der Waals surface area contributed by atoms with Gasteiger partial charge in [-0.05, 0) is 49.2 Å². The summed E-state index contributed by atoms with van der Waals surface area (Å²) in [6, 6.07) is 20.4. The Kier molecular flexibility index (Phi) is 4.74. The van der Waals surface area contributed by atoms with Crippen LogP contribution in [0.1, 0.15) is 17.0 Å². The van der Waals surface area contributed by atoms with Gasteiger partial charge in [-0.3, -0.25) is 0 Å². The molecule has 4 nitrogen and oxygen atoms in total. The van der Waals surface area contributed by atoms with Gasteiger partial charge in [0.2, 0.25) is 0 Å². The summed E-state index contributed by atoms with van der Waals surface area (Å²) in [4.78, 5) is 0. The minimum atomic E-state index is 0.183. The van der Waals surface area contributed by atoms with Crippen LogP contribution in [0.3, 0.4) is 0 Å². The van der Waals surface area contributed by atoms with Gasteiger partial charge in [0.1, 0.15) is 0 Å². The van der Waals surface area contributed by atoms with Crippen molar-refractivity contribution in [2.45, 2.75) is 19.9 Å². The molecule has 0 aliphatic carbocycles. The third kappa shape index (κ3) is 3.79. The molecule has 0 saturated carbocycles. The van der Waals surface area contributed by atoms with Crippen LogP contribution in [-0.4, -0.2) is 21.5 Å². The molecule has 3 rings (SSSR count). The van der Waals surface area contributed by atoms with Gasteiger partial charge in [0.25, 0.3) is 0 Å². The Hall–Kier alpha value is -2.59. The highest BCUT2D eigenvalue weighted by atomic mass is 16.2. The highest BCUT2D eigenvalue weighted by molar-refractivity contribution is 5.45. The van der Waals surface area contributed by atoms with Crippen molar-refractivity contribution < 1.29 is 5.11 Å². The van der Waals surface area contributed by atoms with Crippen molar-refractivity contribution in [1.82, 2.24) is 9.78 Å². The average Bonchev–Trinajstić information content (AvgIpc) is 2.96. The van der Waals surface area contributed by atoms with Gasteiger partial charge in [-0.15, -0.1) is 0 Å². The minimum absolute atomic E-state index is 0.183. The molecule has 3 aromatic rings. The Morgan fingerprint density at radius 2 is 1.78 bits per heavy atom. The van der Waals surface area contributed by atoms with E-state index in [1.54, 1.807) is 0 Å². The molecule has 0 atom stereocenters. The number of benzene rings is 2. The minimum Gasteiger partial charge on any atom is -0.396 e. The van der Waals surface area contributed by atoms with Crippen LogP contribution in [0.2, 0.25) is 0 Å². The molecule has 2 N–H and O–H groups in total. The van der Waals surface area contributed by atoms with Crippen LogP contribution in [0.5, 0.6) is 0 Å². The molecular weight excluding hydrogens is 286 g/mol. The summed E-state index contributed by atoms with van der Waals surface area (Å²) in [7, 11) is 0. The van der Waals surface area contributed by atoms with Crippen LogP contribution in [-0.2, 0) is 13.0 Å². The molecule has 0 saturated heterocycles. The Balaban J connectivity index is 1.73. The van der Waals surface area contributed by atoms with E-state index in [4.69, 9.17) is 5.11 Å². The van der Waals surface area contributed by atoms with Crippen LogP contribution in [0.15, 0.2) is 60.7 Å². The molecule has 1 heterocycles. The molecule has 1 aromatic heterocycles. The molecular formula is C19H21N3O. The zero-order chi connectivity index (χ0) is 16.1. The predicted octanol–water partition coefficient (Wildman–Crippen LogP) is 3.33. The second-order valence-corrected chi connectivity index (χ2v) is 5.55. The van der Waals surface area contributed by atoms with Crippen molar-refractivity contribution >= 4 is 5.69 Å². The zero-order valence-corrected chi connectivity index (χ0v) is 13.2. The maximum absolute atomic E-state index is 8.96. The maximum Gasteiger partial charge on any atom is 0.0649 e. The number of rotatable bonds is 6. The molecule has 118 valence electrons. The van der Waals surface area contributed by atoms with Crippen molar-refractivity contribution in [2.24, 2.45) is 0 Å². The molecule has 0 amide bonds. The van der Waals surface area contributed by atoms with E-state index >= 15 is 0 Å². The van der Waals surface area contributed by atoms with Gasteiger partial charge in [-0.1, -0.05) is 30.3 Å². The summed E-state index contributed by atoms with van der Waals surface area (Å²) in [5.74, 6) is 0. The number of aliphatic hydroxyl groups is 1. The predicted molar refractivity (Wildman–Crippen MR) is 92.9 cm³/mol. The number of nitrogens with one attached hydrogen (secondary N) is 1. The Morgan fingerprint density at radius 3 is 2.48 bits per heavy atom. The number of para-hydroxylation sites is 1. The average molecular weight is 307 g/mol. The van der Waals surface area contributed by atoms with Gasteiger partial charge >= 0.3 is 0 Å². The first-order chi connectivity index (χ1) is 11.3. The van der Waals surface area contributed by atoms with Gasteiger partial charge in [0.15, 0.2) is 0 Å². The van der Waals surface area contributed by atoms with E-state index in [9.17, 15) is 0 Å². The molecule has 0 aliphatic rings. The Bertz CT molecular complexity index is 748. The van der Waals surface area contributed by atoms with E-state index < -0.39 is 0 Å². The number of nitrogens with zero attached hydrogens (tertiary/aromatic N) is 2. The van der Waals surface area contributed by atoms with Crippen molar-refractivity contribution in [3.05, 3.63) is 77.6 Å². The molecule has 0 aliphatic heterocycles. The number of aromatic nitrogens is 2. The highest BCUT2D eigenvalue weighted by Gasteiger charge is 2.07. The summed E-state index contributed by atoms with van der Waals surface area (Å²) < 4.78 is 1.97. The lowest BCUT2D eigenvalue weighted by Crippen LogP contribution is -2.07. The van der Waals surface area contributed by atoms with Gasteiger partial charge < -0.3 is 10.4 Å². The van der Waals surface area contributed by atoms with Crippen molar-refractivity contribution in [3.63, 3.8) is 0 Å². The fraction of sp³-hybridized carbons (Fsp3) is 0.211. The van der Waals surface area contributed by atoms with E-state index in [1.807, 2.05) is 54.1 Å². The van der Waals surface area contributed by atoms with Gasteiger partial charge in [-0.25, -0.2) is 4.68 Å². The third-order valence-corrected chi connectivity index (χ3v) is 3.73. The number of aliphatic hydroxyl groups excluding tert-OH is 1. The number of hydrogen-bond donors (Lipinski definition) is 2. The lowest BCUT2D eigenvalue weighted by atomic mass is 10.1. The Morgan fingerprint density at radius 1 is 1.04 bits per heavy atom. The summed E-state index contributed by atoms with van der Waals surface area (Å²) in [6.45, 7) is 2.89. The first kappa shape index (κ1) is 15.3. The smallest absolute Gasteiger partial charge is 0.0649 e. The maximum atomic E-state index is 8.96. The summed E-state index contributed by atoms with van der Waals surface area (Å²) in [6.07, 6.45) is 0.695. The third-order valence-electron chi connectivity index (χ3n) is 3.73. The van der Waals surface area contributed by atoms with E-state index in [-0.39, 0.29) is 6.61 Å². The normalized spacial score (nSPS) is 10.7. The lowest BCUT2D eigenvalue weighted by Gasteiger charge is -2.10. The van der Waals surface area contributed by atoms with Crippen LogP contribution in [0.25, 0.3) is 5.69 Å². The van der Waals surface area contributed by atoms with E-state index in [0.717, 1.165) is 28.3 Å². The van der Waals surface area contributed by atoms with Crippen molar-refractivity contribution in [2.75, 3.05) is 11.9 Å². The molecule has 0 radical (unpaired) electrons. The molecule has 2 aromatic carbocycles. The summed E-state index contributed by atoms with van der Waals surface area (Å²) in [5, 5.41) is 17.0. The van der Waals surface area contributed by atoms with Crippen LogP contribution < -0.4 is 5.32 Å². The number of anilines is 1. The van der Waals surface area contributed by atoms with E-state index in [2.05, 4.69) is 28.6 Å². The molecule has 0 unspecified atom stereocenters. The lowest BCUT2D eigenvalue weighted by molar-refractivity contribution is 0.299. The molecule has 0 spiro atoms. The van der Waals surface area contributed by atoms with Crippen LogP contribution in [0, 0.1) is 6.92 Å². The molecule has 0 fully saturated rings. The molecule has 0 bridgehead atoms. The zero-order valence-electron chi connectivity index (χ0n) is 13.2. The molecule has 23 heavy (non-hydrogen) atoms. The second-order valence-electron chi connectivity index (χ2n) is 5.55. The SMILES string of the molecule is Cc1cc(CNc2ccc(CCO)cc2)n(-c2ccccc2)n1. The van der Waals surface area contributed by atoms with Gasteiger partial charge in [0, 0.05) is 12.3 Å². The Labute approximate surface area is 136 Å². The summed E-state index contributed by atoms with van der Waals surface area (Å²) >= 11 is 0. The van der Waals surface area contributed by atoms with Crippen molar-refractivity contribution in [1.29, 1.82) is 0 Å². The fourth-order valence-electron chi connectivity index (χ4n) is 2.58. The van der Waals surface area contributed by atoms with Crippen LogP contribution >= 0.6 is 0 Å². The van der Waals surface area contributed by atoms with E-state index in [0.29, 0.717) is 13.0 Å². The largest absolute Gasteiger partial charge is 0.396 e.